The molecule has 1 fully saturated rings. The van der Waals surface area contributed by atoms with Gasteiger partial charge in [-0.15, -0.1) is 0 Å². The van der Waals surface area contributed by atoms with Crippen LogP contribution in [0.25, 0.3) is 11.3 Å². The first kappa shape index (κ1) is 14.7. The summed E-state index contributed by atoms with van der Waals surface area (Å²) in [5.41, 5.74) is 2.06. The van der Waals surface area contributed by atoms with E-state index in [0.29, 0.717) is 11.3 Å². The van der Waals surface area contributed by atoms with E-state index in [0.717, 1.165) is 24.8 Å². The van der Waals surface area contributed by atoms with Gasteiger partial charge in [0.2, 0.25) is 0 Å². The third-order valence-electron chi connectivity index (χ3n) is 4.08. The molecular weight excluding hydrogens is 278 g/mol. The largest absolute Gasteiger partial charge is 0.379 e. The summed E-state index contributed by atoms with van der Waals surface area (Å²) in [4.78, 5) is 20.9. The molecular formula is C17H19N3O2. The van der Waals surface area contributed by atoms with Crippen LogP contribution in [0.5, 0.6) is 0 Å². The molecule has 0 spiro atoms. The van der Waals surface area contributed by atoms with Crippen LogP contribution in [-0.2, 0) is 4.74 Å². The van der Waals surface area contributed by atoms with Crippen LogP contribution in [0.1, 0.15) is 29.6 Å². The highest BCUT2D eigenvalue weighted by atomic mass is 16.5. The maximum atomic E-state index is 12.6. The molecule has 0 aliphatic heterocycles. The minimum atomic E-state index is -0.145. The van der Waals surface area contributed by atoms with E-state index in [-0.39, 0.29) is 18.1 Å². The van der Waals surface area contributed by atoms with Gasteiger partial charge in [0, 0.05) is 18.9 Å². The number of hydrogen-bond acceptors (Lipinski definition) is 4. The number of carbonyl (C=O) groups excluding carboxylic acids is 1. The Morgan fingerprint density at radius 3 is 2.86 bits per heavy atom. The van der Waals surface area contributed by atoms with E-state index in [4.69, 9.17) is 4.74 Å². The first-order valence-corrected chi connectivity index (χ1v) is 7.48. The number of methoxy groups -OCH3 is 1. The first-order chi connectivity index (χ1) is 10.8. The van der Waals surface area contributed by atoms with Crippen molar-refractivity contribution in [3.05, 3.63) is 48.4 Å². The number of nitrogens with one attached hydrogen (secondary N) is 1. The normalized spacial score (nSPS) is 20.8. The Morgan fingerprint density at radius 2 is 2.09 bits per heavy atom. The summed E-state index contributed by atoms with van der Waals surface area (Å²) >= 11 is 0. The highest BCUT2D eigenvalue weighted by Crippen LogP contribution is 2.24. The summed E-state index contributed by atoms with van der Waals surface area (Å²) in [5, 5.41) is 3.06. The lowest BCUT2D eigenvalue weighted by Crippen LogP contribution is -2.41. The van der Waals surface area contributed by atoms with E-state index in [1.54, 1.807) is 13.3 Å². The quantitative estimate of drug-likeness (QED) is 0.941. The minimum Gasteiger partial charge on any atom is -0.379 e. The maximum absolute atomic E-state index is 12.6. The summed E-state index contributed by atoms with van der Waals surface area (Å²) in [5.74, 6) is -0.145. The molecule has 22 heavy (non-hydrogen) atoms. The van der Waals surface area contributed by atoms with Crippen LogP contribution in [0.2, 0.25) is 0 Å². The Kier molecular flexibility index (Phi) is 4.44. The van der Waals surface area contributed by atoms with Gasteiger partial charge in [0.15, 0.2) is 0 Å². The predicted octanol–water partition coefficient (Wildman–Crippen LogP) is 2.44. The van der Waals surface area contributed by atoms with Gasteiger partial charge in [-0.25, -0.2) is 9.97 Å². The lowest BCUT2D eigenvalue weighted by Gasteiger charge is -2.20. The molecule has 0 bridgehead atoms. The van der Waals surface area contributed by atoms with Crippen molar-refractivity contribution in [2.75, 3.05) is 7.11 Å². The first-order valence-electron chi connectivity index (χ1n) is 7.48. The second-order valence-corrected chi connectivity index (χ2v) is 5.44. The van der Waals surface area contributed by atoms with Gasteiger partial charge in [0.25, 0.3) is 5.91 Å². The predicted molar refractivity (Wildman–Crippen MR) is 83.4 cm³/mol. The van der Waals surface area contributed by atoms with Gasteiger partial charge in [0.1, 0.15) is 6.33 Å². The summed E-state index contributed by atoms with van der Waals surface area (Å²) in [7, 11) is 1.69. The average Bonchev–Trinajstić information content (AvgIpc) is 3.03. The van der Waals surface area contributed by atoms with Crippen molar-refractivity contribution in [3.63, 3.8) is 0 Å². The van der Waals surface area contributed by atoms with Crippen molar-refractivity contribution in [2.45, 2.75) is 31.4 Å². The highest BCUT2D eigenvalue weighted by molar-refractivity contribution is 5.99. The van der Waals surface area contributed by atoms with Gasteiger partial charge >= 0.3 is 0 Å². The molecule has 0 saturated heterocycles. The molecule has 2 atom stereocenters. The molecule has 5 heteroatoms. The fourth-order valence-electron chi connectivity index (χ4n) is 2.94. The molecule has 1 saturated carbocycles. The van der Waals surface area contributed by atoms with Crippen LogP contribution in [0.4, 0.5) is 0 Å². The zero-order valence-electron chi connectivity index (χ0n) is 12.5. The van der Waals surface area contributed by atoms with Crippen LogP contribution in [0.3, 0.4) is 0 Å². The fraction of sp³-hybridized carbons (Fsp3) is 0.353. The smallest absolute Gasteiger partial charge is 0.255 e. The Hall–Kier alpha value is -2.27. The molecule has 1 heterocycles. The van der Waals surface area contributed by atoms with E-state index in [2.05, 4.69) is 15.3 Å². The van der Waals surface area contributed by atoms with Crippen molar-refractivity contribution < 1.29 is 9.53 Å². The molecule has 0 unspecified atom stereocenters. The molecule has 1 aliphatic rings. The second-order valence-electron chi connectivity index (χ2n) is 5.44. The van der Waals surface area contributed by atoms with Crippen molar-refractivity contribution in [3.8, 4) is 11.3 Å². The van der Waals surface area contributed by atoms with Gasteiger partial charge in [-0.1, -0.05) is 30.3 Å². The second kappa shape index (κ2) is 6.66. The number of benzene rings is 1. The molecule has 3 rings (SSSR count). The maximum Gasteiger partial charge on any atom is 0.255 e. The zero-order valence-corrected chi connectivity index (χ0v) is 12.5. The Morgan fingerprint density at radius 1 is 1.27 bits per heavy atom. The van der Waals surface area contributed by atoms with E-state index in [1.165, 1.54) is 6.33 Å². The van der Waals surface area contributed by atoms with Crippen molar-refractivity contribution >= 4 is 5.91 Å². The molecule has 114 valence electrons. The van der Waals surface area contributed by atoms with Crippen LogP contribution in [0.15, 0.2) is 42.9 Å². The standard InChI is InChI=1S/C17H19N3O2/c1-22-15-9-5-8-14(15)20-17(21)13-10-18-11-19-16(13)12-6-3-2-4-7-12/h2-4,6-7,10-11,14-15H,5,8-9H2,1H3,(H,20,21)/t14-,15+/m1/s1. The van der Waals surface area contributed by atoms with Gasteiger partial charge in [-0.2, -0.15) is 0 Å². The van der Waals surface area contributed by atoms with Crippen LogP contribution in [-0.4, -0.2) is 35.1 Å². The van der Waals surface area contributed by atoms with E-state index in [9.17, 15) is 4.79 Å². The molecule has 0 radical (unpaired) electrons. The molecule has 1 aromatic carbocycles. The third kappa shape index (κ3) is 2.99. The number of carbonyl (C=O) groups is 1. The van der Waals surface area contributed by atoms with E-state index in [1.807, 2.05) is 30.3 Å². The van der Waals surface area contributed by atoms with Crippen LogP contribution in [0, 0.1) is 0 Å². The molecule has 5 nitrogen and oxygen atoms in total. The summed E-state index contributed by atoms with van der Waals surface area (Å²) in [6, 6.07) is 9.72. The molecule has 1 amide bonds. The number of nitrogens with zero attached hydrogens (tertiary/aromatic N) is 2. The lowest BCUT2D eigenvalue weighted by molar-refractivity contribution is 0.0722. The third-order valence-corrected chi connectivity index (χ3v) is 4.08. The molecule has 2 aromatic rings. The Balaban J connectivity index is 1.84. The van der Waals surface area contributed by atoms with Gasteiger partial charge in [-0.3, -0.25) is 4.79 Å². The van der Waals surface area contributed by atoms with Crippen molar-refractivity contribution in [1.82, 2.24) is 15.3 Å². The fourth-order valence-corrected chi connectivity index (χ4v) is 2.94. The van der Waals surface area contributed by atoms with Crippen LogP contribution < -0.4 is 5.32 Å². The summed E-state index contributed by atoms with van der Waals surface area (Å²) in [6.45, 7) is 0. The zero-order chi connectivity index (χ0) is 15.4. The molecule has 1 aromatic heterocycles. The van der Waals surface area contributed by atoms with E-state index >= 15 is 0 Å². The topological polar surface area (TPSA) is 64.1 Å². The summed E-state index contributed by atoms with van der Waals surface area (Å²) in [6.07, 6.45) is 6.12. The number of amides is 1. The van der Waals surface area contributed by atoms with Crippen molar-refractivity contribution in [2.24, 2.45) is 0 Å². The number of rotatable bonds is 4. The van der Waals surface area contributed by atoms with Crippen LogP contribution >= 0.6 is 0 Å². The number of hydrogen-bond donors (Lipinski definition) is 1. The summed E-state index contributed by atoms with van der Waals surface area (Å²) < 4.78 is 5.43. The minimum absolute atomic E-state index is 0.0568. The van der Waals surface area contributed by atoms with E-state index < -0.39 is 0 Å². The molecule has 1 N–H and O–H groups in total. The number of ether oxygens (including phenoxy) is 1. The monoisotopic (exact) mass is 297 g/mol. The van der Waals surface area contributed by atoms with Gasteiger partial charge in [0.05, 0.1) is 23.4 Å². The number of aromatic nitrogens is 2. The Bertz CT molecular complexity index is 645. The average molecular weight is 297 g/mol. The highest BCUT2D eigenvalue weighted by Gasteiger charge is 2.29. The van der Waals surface area contributed by atoms with Crippen molar-refractivity contribution in [1.29, 1.82) is 0 Å². The van der Waals surface area contributed by atoms with Gasteiger partial charge in [-0.05, 0) is 19.3 Å². The SMILES string of the molecule is CO[C@H]1CCC[C@H]1NC(=O)c1cncnc1-c1ccccc1. The molecule has 1 aliphatic carbocycles. The van der Waals surface area contributed by atoms with Gasteiger partial charge < -0.3 is 10.1 Å². The Labute approximate surface area is 129 Å². The lowest BCUT2D eigenvalue weighted by atomic mass is 10.1.